The van der Waals surface area contributed by atoms with Crippen molar-refractivity contribution in [3.63, 3.8) is 0 Å². The molecule has 33 heavy (non-hydrogen) atoms. The Morgan fingerprint density at radius 2 is 1.76 bits per heavy atom. The van der Waals surface area contributed by atoms with Gasteiger partial charge in [0.25, 0.3) is 5.91 Å². The number of amides is 1. The number of thiophene rings is 1. The van der Waals surface area contributed by atoms with Crippen molar-refractivity contribution in [2.24, 2.45) is 0 Å². The van der Waals surface area contributed by atoms with Gasteiger partial charge in [0.15, 0.2) is 5.76 Å². The molecule has 2 aromatic carbocycles. The van der Waals surface area contributed by atoms with Crippen LogP contribution in [-0.2, 0) is 4.74 Å². The quantitative estimate of drug-likeness (QED) is 0.274. The van der Waals surface area contributed by atoms with Gasteiger partial charge in [0, 0.05) is 21.5 Å². The first-order valence-corrected chi connectivity index (χ1v) is 11.7. The van der Waals surface area contributed by atoms with Crippen molar-refractivity contribution >= 4 is 51.4 Å². The van der Waals surface area contributed by atoms with Gasteiger partial charge in [-0.1, -0.05) is 53.5 Å². The molecule has 8 heteroatoms. The topological polar surface area (TPSA) is 68.5 Å². The van der Waals surface area contributed by atoms with Crippen LogP contribution < -0.4 is 5.32 Å². The fourth-order valence-corrected chi connectivity index (χ4v) is 4.67. The Balaban J connectivity index is 1.64. The molecule has 0 spiro atoms. The van der Waals surface area contributed by atoms with E-state index in [-0.39, 0.29) is 11.9 Å². The summed E-state index contributed by atoms with van der Waals surface area (Å²) in [6, 6.07) is 17.7. The molecule has 5 nitrogen and oxygen atoms in total. The Morgan fingerprint density at radius 1 is 1.00 bits per heavy atom. The summed E-state index contributed by atoms with van der Waals surface area (Å²) >= 11 is 13.4. The van der Waals surface area contributed by atoms with Crippen molar-refractivity contribution in [2.45, 2.75) is 20.0 Å². The van der Waals surface area contributed by atoms with Crippen LogP contribution in [-0.4, -0.2) is 18.0 Å². The molecule has 2 aromatic heterocycles. The number of ether oxygens (including phenoxy) is 1. The zero-order valence-electron chi connectivity index (χ0n) is 17.7. The van der Waals surface area contributed by atoms with Gasteiger partial charge >= 0.3 is 5.97 Å². The Morgan fingerprint density at radius 3 is 2.45 bits per heavy atom. The number of carbonyl (C=O) groups excluding carboxylic acids is 2. The van der Waals surface area contributed by atoms with Gasteiger partial charge in [-0.05, 0) is 49.7 Å². The lowest BCUT2D eigenvalue weighted by Gasteiger charge is -2.11. The van der Waals surface area contributed by atoms with Crippen molar-refractivity contribution in [3.8, 4) is 22.5 Å². The van der Waals surface area contributed by atoms with Crippen molar-refractivity contribution in [3.05, 3.63) is 87.4 Å². The van der Waals surface area contributed by atoms with E-state index in [0.717, 1.165) is 5.56 Å². The summed E-state index contributed by atoms with van der Waals surface area (Å²) in [6.45, 7) is 3.55. The van der Waals surface area contributed by atoms with E-state index in [1.54, 1.807) is 44.2 Å². The number of benzene rings is 2. The SMILES string of the molecule is CC(C)OC(=O)c1c(-c2ccccc2)csc1NC(=O)c1ccc(-c2ccc(Cl)cc2Cl)o1. The average molecular weight is 500 g/mol. The second-order valence-electron chi connectivity index (χ2n) is 7.42. The van der Waals surface area contributed by atoms with Gasteiger partial charge in [0.1, 0.15) is 16.3 Å². The molecule has 4 rings (SSSR count). The number of hydrogen-bond donors (Lipinski definition) is 1. The predicted octanol–water partition coefficient (Wildman–Crippen LogP) is 7.80. The molecule has 4 aromatic rings. The minimum Gasteiger partial charge on any atom is -0.459 e. The third-order valence-electron chi connectivity index (χ3n) is 4.68. The zero-order valence-corrected chi connectivity index (χ0v) is 20.1. The van der Waals surface area contributed by atoms with Crippen molar-refractivity contribution < 1.29 is 18.7 Å². The highest BCUT2D eigenvalue weighted by molar-refractivity contribution is 7.15. The molecule has 0 fully saturated rings. The fraction of sp³-hybridized carbons (Fsp3) is 0.120. The molecule has 0 aliphatic rings. The lowest BCUT2D eigenvalue weighted by atomic mass is 10.0. The summed E-state index contributed by atoms with van der Waals surface area (Å²) in [5.41, 5.74) is 2.46. The Kier molecular flexibility index (Phi) is 6.88. The molecule has 0 unspecified atom stereocenters. The van der Waals surface area contributed by atoms with Crippen LogP contribution in [0.2, 0.25) is 10.0 Å². The van der Waals surface area contributed by atoms with E-state index in [1.807, 2.05) is 35.7 Å². The third kappa shape index (κ3) is 5.14. The first kappa shape index (κ1) is 23.1. The Bertz CT molecular complexity index is 1310. The van der Waals surface area contributed by atoms with Crippen LogP contribution in [0, 0.1) is 0 Å². The number of furan rings is 1. The van der Waals surface area contributed by atoms with Crippen molar-refractivity contribution in [1.29, 1.82) is 0 Å². The largest absolute Gasteiger partial charge is 0.459 e. The number of hydrogen-bond acceptors (Lipinski definition) is 5. The highest BCUT2D eigenvalue weighted by Crippen LogP contribution is 2.37. The Hall–Kier alpha value is -3.06. The van der Waals surface area contributed by atoms with Gasteiger partial charge in [0.2, 0.25) is 0 Å². The summed E-state index contributed by atoms with van der Waals surface area (Å²) in [4.78, 5) is 25.8. The molecule has 0 radical (unpaired) electrons. The number of anilines is 1. The third-order valence-corrected chi connectivity index (χ3v) is 6.12. The van der Waals surface area contributed by atoms with Gasteiger partial charge in [-0.2, -0.15) is 0 Å². The first-order chi connectivity index (χ1) is 15.8. The van der Waals surface area contributed by atoms with Crippen molar-refractivity contribution in [2.75, 3.05) is 5.32 Å². The first-order valence-electron chi connectivity index (χ1n) is 10.1. The summed E-state index contributed by atoms with van der Waals surface area (Å²) < 4.78 is 11.2. The molecule has 1 N–H and O–H groups in total. The van der Waals surface area contributed by atoms with E-state index in [1.165, 1.54) is 11.3 Å². The molecule has 1 amide bonds. The van der Waals surface area contributed by atoms with Crippen LogP contribution in [0.5, 0.6) is 0 Å². The highest BCUT2D eigenvalue weighted by Gasteiger charge is 2.25. The van der Waals surface area contributed by atoms with Crippen LogP contribution in [0.4, 0.5) is 5.00 Å². The minimum atomic E-state index is -0.506. The average Bonchev–Trinajstić information content (AvgIpc) is 3.41. The monoisotopic (exact) mass is 499 g/mol. The zero-order chi connectivity index (χ0) is 23.5. The lowest BCUT2D eigenvalue weighted by molar-refractivity contribution is 0.0380. The molecule has 2 heterocycles. The van der Waals surface area contributed by atoms with Gasteiger partial charge in [0.05, 0.1) is 11.1 Å². The number of esters is 1. The summed E-state index contributed by atoms with van der Waals surface area (Å²) in [5, 5.41) is 5.91. The number of rotatable bonds is 6. The maximum Gasteiger partial charge on any atom is 0.342 e. The molecule has 0 bridgehead atoms. The summed E-state index contributed by atoms with van der Waals surface area (Å²) in [7, 11) is 0. The second kappa shape index (κ2) is 9.83. The number of carbonyl (C=O) groups is 2. The van der Waals surface area contributed by atoms with Gasteiger partial charge in [-0.25, -0.2) is 4.79 Å². The van der Waals surface area contributed by atoms with E-state index in [0.29, 0.717) is 37.5 Å². The maximum absolute atomic E-state index is 12.9. The molecule has 0 saturated carbocycles. The lowest BCUT2D eigenvalue weighted by Crippen LogP contribution is -2.16. The van der Waals surface area contributed by atoms with Gasteiger partial charge < -0.3 is 14.5 Å². The van der Waals surface area contributed by atoms with Crippen LogP contribution in [0.3, 0.4) is 0 Å². The van der Waals surface area contributed by atoms with E-state index in [9.17, 15) is 9.59 Å². The minimum absolute atomic E-state index is 0.0776. The molecule has 0 aliphatic carbocycles. The van der Waals surface area contributed by atoms with E-state index >= 15 is 0 Å². The molecule has 168 valence electrons. The molecule has 0 aliphatic heterocycles. The van der Waals surface area contributed by atoms with Crippen LogP contribution in [0.1, 0.15) is 34.8 Å². The summed E-state index contributed by atoms with van der Waals surface area (Å²) in [5.74, 6) is -0.494. The van der Waals surface area contributed by atoms with Crippen LogP contribution >= 0.6 is 34.5 Å². The second-order valence-corrected chi connectivity index (χ2v) is 9.14. The molecule has 0 atom stereocenters. The van der Waals surface area contributed by atoms with E-state index in [2.05, 4.69) is 5.32 Å². The van der Waals surface area contributed by atoms with Gasteiger partial charge in [-0.15, -0.1) is 11.3 Å². The Labute approximate surface area is 204 Å². The molecular weight excluding hydrogens is 481 g/mol. The maximum atomic E-state index is 12.9. The normalized spacial score (nSPS) is 10.9. The molecule has 0 saturated heterocycles. The van der Waals surface area contributed by atoms with Crippen LogP contribution in [0.25, 0.3) is 22.5 Å². The summed E-state index contributed by atoms with van der Waals surface area (Å²) in [6.07, 6.45) is -0.304. The van der Waals surface area contributed by atoms with E-state index < -0.39 is 11.9 Å². The van der Waals surface area contributed by atoms with Crippen molar-refractivity contribution in [1.82, 2.24) is 0 Å². The van der Waals surface area contributed by atoms with E-state index in [4.69, 9.17) is 32.4 Å². The fourth-order valence-electron chi connectivity index (χ4n) is 3.21. The molecular formula is C25H19Cl2NO4S. The standard InChI is InChI=1S/C25H19Cl2NO4S/c1-14(2)31-25(30)22-18(15-6-4-3-5-7-15)13-33-24(22)28-23(29)21-11-10-20(32-21)17-9-8-16(26)12-19(17)27/h3-14H,1-2H3,(H,28,29). The van der Waals surface area contributed by atoms with Crippen LogP contribution in [0.15, 0.2) is 70.5 Å². The highest BCUT2D eigenvalue weighted by atomic mass is 35.5. The number of nitrogens with one attached hydrogen (secondary N) is 1. The smallest absolute Gasteiger partial charge is 0.342 e. The van der Waals surface area contributed by atoms with Gasteiger partial charge in [-0.3, -0.25) is 4.79 Å². The predicted molar refractivity (Wildman–Crippen MR) is 132 cm³/mol. The number of halogens is 2.